The molecule has 0 aromatic carbocycles. The molecule has 24 heavy (non-hydrogen) atoms. The molecule has 1 N–H and O–H groups in total. The van der Waals surface area contributed by atoms with E-state index in [1.165, 1.54) is 0 Å². The summed E-state index contributed by atoms with van der Waals surface area (Å²) in [6.07, 6.45) is 3.98. The van der Waals surface area contributed by atoms with Crippen LogP contribution < -0.4 is 5.32 Å². The summed E-state index contributed by atoms with van der Waals surface area (Å²) in [5, 5.41) is 3.36. The minimum atomic E-state index is -0.445. The maximum absolute atomic E-state index is 11.8. The number of ether oxygens (including phenoxy) is 2. The standard InChI is InChI=1S/C19H38N2O3/c1-16(23-18(2,3)4)12-10-9-11-13-20-14-15-21(8)17(22)24-19(5,6)7/h20H,1,9-15H2,2-8H3. The molecule has 1 amide bonds. The third kappa shape index (κ3) is 14.4. The maximum atomic E-state index is 11.8. The Morgan fingerprint density at radius 3 is 2.08 bits per heavy atom. The smallest absolute Gasteiger partial charge is 0.410 e. The minimum absolute atomic E-state index is 0.154. The number of hydrogen-bond donors (Lipinski definition) is 1. The molecule has 5 heteroatoms. The molecule has 0 heterocycles. The van der Waals surface area contributed by atoms with Gasteiger partial charge in [-0.2, -0.15) is 0 Å². The van der Waals surface area contributed by atoms with E-state index in [0.29, 0.717) is 6.54 Å². The highest BCUT2D eigenvalue weighted by atomic mass is 16.6. The lowest BCUT2D eigenvalue weighted by Gasteiger charge is -2.24. The molecule has 0 atom stereocenters. The van der Waals surface area contributed by atoms with Gasteiger partial charge in [-0.25, -0.2) is 4.79 Å². The van der Waals surface area contributed by atoms with Crippen molar-refractivity contribution in [1.82, 2.24) is 10.2 Å². The lowest BCUT2D eigenvalue weighted by atomic mass is 10.1. The molecule has 0 spiro atoms. The molecule has 142 valence electrons. The zero-order valence-electron chi connectivity index (χ0n) is 16.8. The molecule has 0 saturated carbocycles. The second kappa shape index (κ2) is 10.6. The van der Waals surface area contributed by atoms with Crippen molar-refractivity contribution in [3.8, 4) is 0 Å². The predicted octanol–water partition coefficient (Wildman–Crippen LogP) is 4.33. The molecular formula is C19H38N2O3. The number of carbonyl (C=O) groups excluding carboxylic acids is 1. The van der Waals surface area contributed by atoms with Crippen LogP contribution in [0.25, 0.3) is 0 Å². The van der Waals surface area contributed by atoms with Crippen LogP contribution in [0.15, 0.2) is 12.3 Å². The highest BCUT2D eigenvalue weighted by Gasteiger charge is 2.19. The average Bonchev–Trinajstić information content (AvgIpc) is 2.37. The first-order valence-electron chi connectivity index (χ1n) is 8.92. The maximum Gasteiger partial charge on any atom is 0.410 e. The first-order chi connectivity index (χ1) is 10.9. The highest BCUT2D eigenvalue weighted by molar-refractivity contribution is 5.67. The SMILES string of the molecule is C=C(CCCCCNCCN(C)C(=O)OC(C)(C)C)OC(C)(C)C. The first-order valence-corrected chi connectivity index (χ1v) is 8.92. The number of unbranched alkanes of at least 4 members (excludes halogenated alkanes) is 2. The van der Waals surface area contributed by atoms with Crippen LogP contribution in [0.4, 0.5) is 4.79 Å². The fraction of sp³-hybridized carbons (Fsp3) is 0.842. The van der Waals surface area contributed by atoms with Gasteiger partial charge in [0.25, 0.3) is 0 Å². The van der Waals surface area contributed by atoms with E-state index < -0.39 is 5.60 Å². The van der Waals surface area contributed by atoms with Gasteiger partial charge in [0.1, 0.15) is 11.2 Å². The van der Waals surface area contributed by atoms with E-state index >= 15 is 0 Å². The fourth-order valence-electron chi connectivity index (χ4n) is 2.04. The van der Waals surface area contributed by atoms with Crippen molar-refractivity contribution < 1.29 is 14.3 Å². The van der Waals surface area contributed by atoms with Gasteiger partial charge in [0.05, 0.1) is 5.76 Å². The second-order valence-corrected chi connectivity index (χ2v) is 8.22. The van der Waals surface area contributed by atoms with Gasteiger partial charge in [-0.15, -0.1) is 0 Å². The van der Waals surface area contributed by atoms with Crippen LogP contribution >= 0.6 is 0 Å². The largest absolute Gasteiger partial charge is 0.493 e. The Kier molecular flexibility index (Phi) is 10.1. The Balaban J connectivity index is 3.58. The molecule has 0 bridgehead atoms. The molecule has 0 aliphatic carbocycles. The van der Waals surface area contributed by atoms with Gasteiger partial charge in [0.2, 0.25) is 0 Å². The van der Waals surface area contributed by atoms with Gasteiger partial charge in [-0.3, -0.25) is 0 Å². The van der Waals surface area contributed by atoms with Crippen LogP contribution in [0.2, 0.25) is 0 Å². The minimum Gasteiger partial charge on any atom is -0.493 e. The number of allylic oxidation sites excluding steroid dienone is 1. The van der Waals surface area contributed by atoms with Crippen LogP contribution in [-0.4, -0.2) is 48.9 Å². The van der Waals surface area contributed by atoms with Crippen molar-refractivity contribution in [3.05, 3.63) is 12.3 Å². The summed E-state index contributed by atoms with van der Waals surface area (Å²) in [4.78, 5) is 13.4. The van der Waals surface area contributed by atoms with Gasteiger partial charge in [0, 0.05) is 26.6 Å². The number of rotatable bonds is 10. The van der Waals surface area contributed by atoms with Crippen LogP contribution in [0, 0.1) is 0 Å². The average molecular weight is 343 g/mol. The van der Waals surface area contributed by atoms with Crippen LogP contribution in [0.3, 0.4) is 0 Å². The van der Waals surface area contributed by atoms with Crippen molar-refractivity contribution in [3.63, 3.8) is 0 Å². The third-order valence-corrected chi connectivity index (χ3v) is 3.09. The normalized spacial score (nSPS) is 12.0. The van der Waals surface area contributed by atoms with Gasteiger partial charge in [-0.1, -0.05) is 13.0 Å². The van der Waals surface area contributed by atoms with Crippen molar-refractivity contribution in [2.45, 2.75) is 78.4 Å². The molecule has 5 nitrogen and oxygen atoms in total. The van der Waals surface area contributed by atoms with Crippen LogP contribution in [0.1, 0.15) is 67.2 Å². The topological polar surface area (TPSA) is 50.8 Å². The lowest BCUT2D eigenvalue weighted by molar-refractivity contribution is 0.0300. The number of amides is 1. The summed E-state index contributed by atoms with van der Waals surface area (Å²) in [5.41, 5.74) is -0.599. The monoisotopic (exact) mass is 342 g/mol. The summed E-state index contributed by atoms with van der Waals surface area (Å²) in [5.74, 6) is 0.870. The molecule has 0 rings (SSSR count). The molecule has 0 aliphatic heterocycles. The molecule has 0 aromatic rings. The summed E-state index contributed by atoms with van der Waals surface area (Å²) in [6, 6.07) is 0. The van der Waals surface area contributed by atoms with E-state index in [9.17, 15) is 4.79 Å². The van der Waals surface area contributed by atoms with Crippen molar-refractivity contribution in [1.29, 1.82) is 0 Å². The highest BCUT2D eigenvalue weighted by Crippen LogP contribution is 2.16. The fourth-order valence-corrected chi connectivity index (χ4v) is 2.04. The molecule has 0 fully saturated rings. The number of nitrogens with zero attached hydrogens (tertiary/aromatic N) is 1. The van der Waals surface area contributed by atoms with Crippen molar-refractivity contribution in [2.75, 3.05) is 26.7 Å². The van der Waals surface area contributed by atoms with Crippen LogP contribution in [0.5, 0.6) is 0 Å². The molecule has 0 unspecified atom stereocenters. The van der Waals surface area contributed by atoms with Gasteiger partial charge >= 0.3 is 6.09 Å². The lowest BCUT2D eigenvalue weighted by Crippen LogP contribution is -2.38. The Morgan fingerprint density at radius 1 is 0.958 bits per heavy atom. The number of likely N-dealkylation sites (N-methyl/N-ethyl adjacent to an activating group) is 1. The second-order valence-electron chi connectivity index (χ2n) is 8.22. The van der Waals surface area contributed by atoms with Crippen LogP contribution in [-0.2, 0) is 9.47 Å². The predicted molar refractivity (Wildman–Crippen MR) is 100 cm³/mol. The summed E-state index contributed by atoms with van der Waals surface area (Å²) in [7, 11) is 1.76. The molecule has 0 aromatic heterocycles. The Bertz CT molecular complexity index is 381. The molecular weight excluding hydrogens is 304 g/mol. The Hall–Kier alpha value is -1.23. The number of hydrogen-bond acceptors (Lipinski definition) is 4. The van der Waals surface area contributed by atoms with E-state index in [-0.39, 0.29) is 11.7 Å². The zero-order valence-corrected chi connectivity index (χ0v) is 16.8. The van der Waals surface area contributed by atoms with E-state index in [2.05, 4.69) is 11.9 Å². The van der Waals surface area contributed by atoms with E-state index in [4.69, 9.17) is 9.47 Å². The van der Waals surface area contributed by atoms with E-state index in [1.54, 1.807) is 11.9 Å². The first kappa shape index (κ1) is 22.8. The van der Waals surface area contributed by atoms with Crippen molar-refractivity contribution in [2.24, 2.45) is 0 Å². The van der Waals surface area contributed by atoms with Gasteiger partial charge in [-0.05, 0) is 60.9 Å². The van der Waals surface area contributed by atoms with E-state index in [1.807, 2.05) is 41.5 Å². The quantitative estimate of drug-likeness (QED) is 0.474. The Labute approximate surface area is 148 Å². The summed E-state index contributed by atoms with van der Waals surface area (Å²) in [6.45, 7) is 18.1. The van der Waals surface area contributed by atoms with Crippen molar-refractivity contribution >= 4 is 6.09 Å². The van der Waals surface area contributed by atoms with Gasteiger partial charge in [0.15, 0.2) is 0 Å². The zero-order chi connectivity index (χ0) is 18.8. The van der Waals surface area contributed by atoms with Gasteiger partial charge < -0.3 is 19.7 Å². The number of carbonyl (C=O) groups is 1. The molecule has 0 saturated heterocycles. The Morgan fingerprint density at radius 2 is 1.54 bits per heavy atom. The third-order valence-electron chi connectivity index (χ3n) is 3.09. The summed E-state index contributed by atoms with van der Waals surface area (Å²) < 4.78 is 11.0. The van der Waals surface area contributed by atoms with E-state index in [0.717, 1.165) is 44.5 Å². The molecule has 0 radical (unpaired) electrons. The molecule has 0 aliphatic rings. The summed E-state index contributed by atoms with van der Waals surface area (Å²) >= 11 is 0. The number of nitrogens with one attached hydrogen (secondary N) is 1.